The summed E-state index contributed by atoms with van der Waals surface area (Å²) in [6.07, 6.45) is 0. The summed E-state index contributed by atoms with van der Waals surface area (Å²) in [5.74, 6) is 0.667. The molecule has 2 atom stereocenters. The maximum Gasteiger partial charge on any atom is 0.336 e. The summed E-state index contributed by atoms with van der Waals surface area (Å²) in [5.41, 5.74) is 2.39. The van der Waals surface area contributed by atoms with Crippen LogP contribution in [-0.4, -0.2) is 44.4 Å². The van der Waals surface area contributed by atoms with E-state index in [0.29, 0.717) is 17.9 Å². The van der Waals surface area contributed by atoms with Gasteiger partial charge in [0.2, 0.25) is 0 Å². The minimum absolute atomic E-state index is 0.172. The molecule has 0 bridgehead atoms. The van der Waals surface area contributed by atoms with E-state index in [4.69, 9.17) is 13.9 Å². The van der Waals surface area contributed by atoms with Crippen LogP contribution in [-0.2, 0) is 11.3 Å². The molecule has 0 spiro atoms. The van der Waals surface area contributed by atoms with E-state index in [1.165, 1.54) is 5.56 Å². The van der Waals surface area contributed by atoms with Gasteiger partial charge in [0.05, 0.1) is 26.4 Å². The first kappa shape index (κ1) is 20.6. The predicted octanol–water partition coefficient (Wildman–Crippen LogP) is 3.35. The Bertz CT molecular complexity index is 1030. The summed E-state index contributed by atoms with van der Waals surface area (Å²) >= 11 is 0. The second-order valence-electron chi connectivity index (χ2n) is 7.63. The SMILES string of the molecule is COc1ccc2c(CN[C@H](C)[C@@H](c3ccccc3)N3CCOCC3)cc(=O)oc2c1. The van der Waals surface area contributed by atoms with E-state index in [0.717, 1.165) is 37.3 Å². The summed E-state index contributed by atoms with van der Waals surface area (Å²) in [7, 11) is 1.60. The Hall–Kier alpha value is -2.67. The van der Waals surface area contributed by atoms with Crippen molar-refractivity contribution in [1.29, 1.82) is 0 Å². The van der Waals surface area contributed by atoms with E-state index in [1.807, 2.05) is 18.2 Å². The third-order valence-corrected chi connectivity index (χ3v) is 5.71. The van der Waals surface area contributed by atoms with Crippen LogP contribution < -0.4 is 15.7 Å². The Labute approximate surface area is 176 Å². The third kappa shape index (κ3) is 4.56. The number of hydrogen-bond acceptors (Lipinski definition) is 6. The standard InChI is InChI=1S/C24H28N2O4/c1-17(24(18-6-4-3-5-7-18)26-10-12-29-13-11-26)25-16-19-14-23(27)30-22-15-20(28-2)8-9-21(19)22/h3-9,14-15,17,24-25H,10-13,16H2,1-2H3/t17-,24+/m1/s1. The predicted molar refractivity (Wildman–Crippen MR) is 117 cm³/mol. The molecule has 0 radical (unpaired) electrons. The number of hydrogen-bond donors (Lipinski definition) is 1. The molecule has 6 heteroatoms. The Morgan fingerprint density at radius 2 is 1.87 bits per heavy atom. The third-order valence-electron chi connectivity index (χ3n) is 5.71. The lowest BCUT2D eigenvalue weighted by atomic mass is 9.97. The van der Waals surface area contributed by atoms with Gasteiger partial charge >= 0.3 is 5.63 Å². The van der Waals surface area contributed by atoms with E-state index in [2.05, 4.69) is 41.4 Å². The Morgan fingerprint density at radius 3 is 2.60 bits per heavy atom. The van der Waals surface area contributed by atoms with Crippen LogP contribution in [0.3, 0.4) is 0 Å². The first-order chi connectivity index (χ1) is 14.7. The molecule has 0 aliphatic carbocycles. The van der Waals surface area contributed by atoms with Crippen molar-refractivity contribution < 1.29 is 13.9 Å². The first-order valence-corrected chi connectivity index (χ1v) is 10.4. The molecule has 2 heterocycles. The van der Waals surface area contributed by atoms with Crippen molar-refractivity contribution in [1.82, 2.24) is 10.2 Å². The number of ether oxygens (including phenoxy) is 2. The molecule has 30 heavy (non-hydrogen) atoms. The molecular formula is C24H28N2O4. The van der Waals surface area contributed by atoms with Crippen LogP contribution in [0.2, 0.25) is 0 Å². The number of morpholine rings is 1. The van der Waals surface area contributed by atoms with E-state index >= 15 is 0 Å². The van der Waals surface area contributed by atoms with E-state index in [1.54, 1.807) is 19.2 Å². The molecule has 2 aromatic carbocycles. The van der Waals surface area contributed by atoms with E-state index in [-0.39, 0.29) is 17.7 Å². The van der Waals surface area contributed by atoms with Crippen molar-refractivity contribution in [3.63, 3.8) is 0 Å². The molecule has 1 aliphatic rings. The molecule has 1 saturated heterocycles. The normalized spacial score (nSPS) is 17.0. The van der Waals surface area contributed by atoms with Gasteiger partial charge in [-0.1, -0.05) is 30.3 Å². The summed E-state index contributed by atoms with van der Waals surface area (Å²) < 4.78 is 16.2. The van der Waals surface area contributed by atoms with Crippen molar-refractivity contribution >= 4 is 11.0 Å². The van der Waals surface area contributed by atoms with E-state index < -0.39 is 0 Å². The van der Waals surface area contributed by atoms with Gasteiger partial charge in [-0.2, -0.15) is 0 Å². The van der Waals surface area contributed by atoms with Crippen molar-refractivity contribution in [2.45, 2.75) is 25.6 Å². The van der Waals surface area contributed by atoms with Crippen LogP contribution >= 0.6 is 0 Å². The van der Waals surface area contributed by atoms with E-state index in [9.17, 15) is 4.79 Å². The van der Waals surface area contributed by atoms with Gasteiger partial charge in [-0.3, -0.25) is 4.90 Å². The second-order valence-corrected chi connectivity index (χ2v) is 7.63. The monoisotopic (exact) mass is 408 g/mol. The van der Waals surface area contributed by atoms with Gasteiger partial charge < -0.3 is 19.2 Å². The lowest BCUT2D eigenvalue weighted by Gasteiger charge is -2.38. The number of fused-ring (bicyclic) bond motifs is 1. The lowest BCUT2D eigenvalue weighted by molar-refractivity contribution is 0.00855. The van der Waals surface area contributed by atoms with Gasteiger partial charge in [-0.25, -0.2) is 4.79 Å². The fraction of sp³-hybridized carbons (Fsp3) is 0.375. The van der Waals surface area contributed by atoms with Crippen molar-refractivity contribution in [2.24, 2.45) is 0 Å². The minimum Gasteiger partial charge on any atom is -0.497 e. The molecule has 0 unspecified atom stereocenters. The molecule has 4 rings (SSSR count). The fourth-order valence-corrected chi connectivity index (χ4v) is 4.19. The highest BCUT2D eigenvalue weighted by Gasteiger charge is 2.27. The van der Waals surface area contributed by atoms with Gasteiger partial charge in [0.25, 0.3) is 0 Å². The number of rotatable bonds is 7. The zero-order chi connectivity index (χ0) is 20.9. The van der Waals surface area contributed by atoms with Gasteiger partial charge in [0.1, 0.15) is 11.3 Å². The zero-order valence-corrected chi connectivity index (χ0v) is 17.5. The Morgan fingerprint density at radius 1 is 1.10 bits per heavy atom. The summed E-state index contributed by atoms with van der Waals surface area (Å²) in [4.78, 5) is 14.6. The molecule has 158 valence electrons. The molecule has 0 amide bonds. The number of benzene rings is 2. The molecule has 0 saturated carbocycles. The Kier molecular flexibility index (Phi) is 6.47. The molecule has 1 aliphatic heterocycles. The van der Waals surface area contributed by atoms with Crippen LogP contribution in [0.1, 0.15) is 24.1 Å². The molecule has 1 aromatic heterocycles. The highest BCUT2D eigenvalue weighted by Crippen LogP contribution is 2.27. The van der Waals surface area contributed by atoms with Crippen LogP contribution in [0, 0.1) is 0 Å². The highest BCUT2D eigenvalue weighted by atomic mass is 16.5. The van der Waals surface area contributed by atoms with Crippen molar-refractivity contribution in [3.05, 3.63) is 76.1 Å². The maximum absolute atomic E-state index is 12.1. The zero-order valence-electron chi connectivity index (χ0n) is 17.5. The molecule has 6 nitrogen and oxygen atoms in total. The number of methoxy groups -OCH3 is 1. The van der Waals surface area contributed by atoms with Crippen LogP contribution in [0.15, 0.2) is 63.8 Å². The average molecular weight is 408 g/mol. The smallest absolute Gasteiger partial charge is 0.336 e. The highest BCUT2D eigenvalue weighted by molar-refractivity contribution is 5.81. The van der Waals surface area contributed by atoms with Gasteiger partial charge in [0.15, 0.2) is 0 Å². The number of nitrogens with zero attached hydrogens (tertiary/aromatic N) is 1. The molecular weight excluding hydrogens is 380 g/mol. The number of nitrogens with one attached hydrogen (secondary N) is 1. The lowest BCUT2D eigenvalue weighted by Crippen LogP contribution is -2.46. The van der Waals surface area contributed by atoms with Crippen molar-refractivity contribution in [2.75, 3.05) is 33.4 Å². The van der Waals surface area contributed by atoms with Gasteiger partial charge in [0, 0.05) is 43.2 Å². The van der Waals surface area contributed by atoms with Crippen LogP contribution in [0.25, 0.3) is 11.0 Å². The van der Waals surface area contributed by atoms with Crippen LogP contribution in [0.4, 0.5) is 0 Å². The molecule has 3 aromatic rings. The summed E-state index contributed by atoms with van der Waals surface area (Å²) in [5, 5.41) is 4.56. The van der Waals surface area contributed by atoms with Crippen LogP contribution in [0.5, 0.6) is 5.75 Å². The van der Waals surface area contributed by atoms with Gasteiger partial charge in [-0.15, -0.1) is 0 Å². The summed E-state index contributed by atoms with van der Waals surface area (Å²) in [6, 6.07) is 18.1. The van der Waals surface area contributed by atoms with Gasteiger partial charge in [-0.05, 0) is 30.2 Å². The Balaban J connectivity index is 1.57. The largest absolute Gasteiger partial charge is 0.497 e. The summed E-state index contributed by atoms with van der Waals surface area (Å²) in [6.45, 7) is 6.09. The van der Waals surface area contributed by atoms with Crippen molar-refractivity contribution in [3.8, 4) is 5.75 Å². The topological polar surface area (TPSA) is 63.9 Å². The second kappa shape index (κ2) is 9.43. The average Bonchev–Trinajstić information content (AvgIpc) is 2.78. The quantitative estimate of drug-likeness (QED) is 0.605. The fourth-order valence-electron chi connectivity index (χ4n) is 4.19. The first-order valence-electron chi connectivity index (χ1n) is 10.4. The maximum atomic E-state index is 12.1. The minimum atomic E-state index is -0.354. The molecule has 1 N–H and O–H groups in total. The molecule has 1 fully saturated rings.